The molecule has 6 heteroatoms. The van der Waals surface area contributed by atoms with Crippen molar-refractivity contribution in [2.24, 2.45) is 0 Å². The molecule has 1 atom stereocenters. The van der Waals surface area contributed by atoms with Gasteiger partial charge in [-0.15, -0.1) is 0 Å². The predicted molar refractivity (Wildman–Crippen MR) is 124 cm³/mol. The van der Waals surface area contributed by atoms with Crippen LogP contribution < -0.4 is 9.64 Å². The largest absolute Gasteiger partial charge is 0.493 e. The number of unbranched alkanes of at least 4 members (excludes halogenated alkanes) is 1. The Kier molecular flexibility index (Phi) is 4.49. The molecule has 5 heterocycles. The number of likely N-dealkylation sites (tertiary alicyclic amines) is 1. The molecule has 6 nitrogen and oxygen atoms in total. The lowest BCUT2D eigenvalue weighted by Gasteiger charge is -2.47. The van der Waals surface area contributed by atoms with Gasteiger partial charge in [-0.3, -0.25) is 4.79 Å². The van der Waals surface area contributed by atoms with Crippen molar-refractivity contribution in [1.82, 2.24) is 14.5 Å². The lowest BCUT2D eigenvalue weighted by atomic mass is 9.88. The highest BCUT2D eigenvalue weighted by Crippen LogP contribution is 2.47. The Balaban J connectivity index is 1.38. The fourth-order valence-electron chi connectivity index (χ4n) is 5.65. The molecule has 3 aliphatic rings. The van der Waals surface area contributed by atoms with Crippen LogP contribution in [0.4, 0.5) is 5.69 Å². The fraction of sp³-hybridized carbons (Fsp3) is 0.385. The molecule has 164 valence electrons. The van der Waals surface area contributed by atoms with E-state index in [1.165, 1.54) is 5.69 Å². The van der Waals surface area contributed by atoms with Gasteiger partial charge in [0.2, 0.25) is 0 Å². The molecule has 0 unspecified atom stereocenters. The Labute approximate surface area is 188 Å². The van der Waals surface area contributed by atoms with E-state index in [-0.39, 0.29) is 11.4 Å². The zero-order valence-electron chi connectivity index (χ0n) is 18.5. The van der Waals surface area contributed by atoms with Crippen molar-refractivity contribution in [1.29, 1.82) is 0 Å². The summed E-state index contributed by atoms with van der Waals surface area (Å²) in [5.41, 5.74) is 4.07. The molecule has 3 aliphatic heterocycles. The molecule has 2 aromatic heterocycles. The normalized spacial score (nSPS) is 20.8. The number of anilines is 1. The Morgan fingerprint density at radius 2 is 2.16 bits per heavy atom. The molecule has 0 radical (unpaired) electrons. The van der Waals surface area contributed by atoms with Gasteiger partial charge in [-0.25, -0.2) is 4.98 Å². The first-order valence-electron chi connectivity index (χ1n) is 11.7. The SMILES string of the molecule is CCCCN1c2cccnc2-n2cccc2[C@@]12CCN(C(=O)c1ccc3c(c1)CCO3)C2. The summed E-state index contributed by atoms with van der Waals surface area (Å²) in [6.45, 7) is 5.32. The van der Waals surface area contributed by atoms with Crippen LogP contribution in [0.15, 0.2) is 54.9 Å². The van der Waals surface area contributed by atoms with E-state index in [0.717, 1.165) is 67.2 Å². The van der Waals surface area contributed by atoms with E-state index in [1.807, 2.05) is 35.4 Å². The molecule has 1 aromatic carbocycles. The lowest BCUT2D eigenvalue weighted by molar-refractivity contribution is 0.0782. The van der Waals surface area contributed by atoms with Crippen molar-refractivity contribution >= 4 is 11.6 Å². The average molecular weight is 429 g/mol. The van der Waals surface area contributed by atoms with Crippen molar-refractivity contribution in [3.63, 3.8) is 0 Å². The Morgan fingerprint density at radius 1 is 1.22 bits per heavy atom. The van der Waals surface area contributed by atoms with Crippen molar-refractivity contribution in [2.45, 2.75) is 38.1 Å². The second-order valence-electron chi connectivity index (χ2n) is 9.04. The molecule has 6 rings (SSSR count). The first-order valence-corrected chi connectivity index (χ1v) is 11.7. The minimum absolute atomic E-state index is 0.113. The van der Waals surface area contributed by atoms with Gasteiger partial charge in [-0.1, -0.05) is 13.3 Å². The van der Waals surface area contributed by atoms with Gasteiger partial charge in [0, 0.05) is 44.0 Å². The standard InChI is InChI=1S/C26H28N4O2/c1-2-3-14-30-21-6-4-12-27-24(21)29-13-5-7-23(29)26(30)11-15-28(18-26)25(31)20-8-9-22-19(17-20)10-16-32-22/h4-9,12-13,17H,2-3,10-11,14-16,18H2,1H3/t26-/m0/s1. The van der Waals surface area contributed by atoms with Crippen molar-refractivity contribution < 1.29 is 9.53 Å². The van der Waals surface area contributed by atoms with Crippen molar-refractivity contribution in [3.8, 4) is 11.6 Å². The van der Waals surface area contributed by atoms with Gasteiger partial charge >= 0.3 is 0 Å². The maximum Gasteiger partial charge on any atom is 0.253 e. The lowest BCUT2D eigenvalue weighted by Crippen LogP contribution is -2.53. The van der Waals surface area contributed by atoms with Crippen molar-refractivity contribution in [3.05, 3.63) is 71.7 Å². The summed E-state index contributed by atoms with van der Waals surface area (Å²) in [7, 11) is 0. The van der Waals surface area contributed by atoms with E-state index in [0.29, 0.717) is 13.2 Å². The Hall–Kier alpha value is -3.28. The van der Waals surface area contributed by atoms with Crippen LogP contribution in [-0.4, -0.2) is 46.6 Å². The third-order valence-electron chi connectivity index (χ3n) is 7.23. The van der Waals surface area contributed by atoms with E-state index in [9.17, 15) is 4.79 Å². The molecule has 0 aliphatic carbocycles. The van der Waals surface area contributed by atoms with Crippen LogP contribution in [0.1, 0.15) is 47.8 Å². The fourth-order valence-corrected chi connectivity index (χ4v) is 5.65. The number of ether oxygens (including phenoxy) is 1. The molecule has 1 saturated heterocycles. The van der Waals surface area contributed by atoms with Gasteiger partial charge < -0.3 is 19.1 Å². The molecule has 1 spiro atoms. The minimum Gasteiger partial charge on any atom is -0.493 e. The number of fused-ring (bicyclic) bond motifs is 5. The first kappa shape index (κ1) is 19.4. The van der Waals surface area contributed by atoms with Gasteiger partial charge in [0.05, 0.1) is 18.0 Å². The third kappa shape index (κ3) is 2.78. The molecule has 3 aromatic rings. The van der Waals surface area contributed by atoms with Gasteiger partial charge in [0.15, 0.2) is 5.82 Å². The van der Waals surface area contributed by atoms with Gasteiger partial charge in [0.25, 0.3) is 5.91 Å². The smallest absolute Gasteiger partial charge is 0.253 e. The number of hydrogen-bond acceptors (Lipinski definition) is 4. The van der Waals surface area contributed by atoms with Crippen LogP contribution in [0, 0.1) is 0 Å². The average Bonchev–Trinajstić information content (AvgIpc) is 3.58. The number of rotatable bonds is 4. The van der Waals surface area contributed by atoms with E-state index >= 15 is 0 Å². The number of benzene rings is 1. The molecule has 1 amide bonds. The molecule has 0 saturated carbocycles. The van der Waals surface area contributed by atoms with Gasteiger partial charge in [0.1, 0.15) is 11.3 Å². The predicted octanol–water partition coefficient (Wildman–Crippen LogP) is 4.17. The third-order valence-corrected chi connectivity index (χ3v) is 7.23. The molecule has 0 bridgehead atoms. The summed E-state index contributed by atoms with van der Waals surface area (Å²) >= 11 is 0. The highest BCUT2D eigenvalue weighted by atomic mass is 16.5. The van der Waals surface area contributed by atoms with Gasteiger partial charge in [-0.05, 0) is 60.9 Å². The number of pyridine rings is 1. The van der Waals surface area contributed by atoms with E-state index in [2.05, 4.69) is 40.8 Å². The summed E-state index contributed by atoms with van der Waals surface area (Å²) in [4.78, 5) is 22.8. The molecule has 0 N–H and O–H groups in total. The van der Waals surface area contributed by atoms with E-state index in [1.54, 1.807) is 0 Å². The summed E-state index contributed by atoms with van der Waals surface area (Å²) in [6.07, 6.45) is 7.99. The molecular formula is C26H28N4O2. The number of amides is 1. The molecular weight excluding hydrogens is 400 g/mol. The van der Waals surface area contributed by atoms with E-state index in [4.69, 9.17) is 9.72 Å². The number of nitrogens with zero attached hydrogens (tertiary/aromatic N) is 4. The van der Waals surface area contributed by atoms with Crippen LogP contribution in [-0.2, 0) is 12.0 Å². The number of carbonyl (C=O) groups is 1. The maximum atomic E-state index is 13.5. The Bertz CT molecular complexity index is 1190. The quantitative estimate of drug-likeness (QED) is 0.626. The highest BCUT2D eigenvalue weighted by Gasteiger charge is 2.50. The minimum atomic E-state index is -0.232. The molecule has 32 heavy (non-hydrogen) atoms. The van der Waals surface area contributed by atoms with Crippen LogP contribution >= 0.6 is 0 Å². The maximum absolute atomic E-state index is 13.5. The van der Waals surface area contributed by atoms with Gasteiger partial charge in [-0.2, -0.15) is 0 Å². The number of hydrogen-bond donors (Lipinski definition) is 0. The second-order valence-corrected chi connectivity index (χ2v) is 9.04. The summed E-state index contributed by atoms with van der Waals surface area (Å²) < 4.78 is 7.84. The van der Waals surface area contributed by atoms with E-state index < -0.39 is 0 Å². The van der Waals surface area contributed by atoms with Crippen LogP contribution in [0.5, 0.6) is 5.75 Å². The highest BCUT2D eigenvalue weighted by molar-refractivity contribution is 5.95. The second kappa shape index (κ2) is 7.40. The topological polar surface area (TPSA) is 50.6 Å². The van der Waals surface area contributed by atoms with Crippen LogP contribution in [0.3, 0.4) is 0 Å². The number of aromatic nitrogens is 2. The summed E-state index contributed by atoms with van der Waals surface area (Å²) in [6, 6.07) is 14.4. The summed E-state index contributed by atoms with van der Waals surface area (Å²) in [5, 5.41) is 0. The summed E-state index contributed by atoms with van der Waals surface area (Å²) in [5.74, 6) is 2.01. The van der Waals surface area contributed by atoms with Crippen molar-refractivity contribution in [2.75, 3.05) is 31.1 Å². The van der Waals surface area contributed by atoms with Crippen LogP contribution in [0.25, 0.3) is 5.82 Å². The first-order chi connectivity index (χ1) is 15.7. The monoisotopic (exact) mass is 428 g/mol. The number of carbonyl (C=O) groups excluding carboxylic acids is 1. The zero-order chi connectivity index (χ0) is 21.7. The van der Waals surface area contributed by atoms with Crippen LogP contribution in [0.2, 0.25) is 0 Å². The Morgan fingerprint density at radius 3 is 3.06 bits per heavy atom. The molecule has 1 fully saturated rings. The zero-order valence-corrected chi connectivity index (χ0v) is 18.5.